The van der Waals surface area contributed by atoms with Crippen molar-refractivity contribution in [3.63, 3.8) is 0 Å². The molecule has 4 heteroatoms. The lowest BCUT2D eigenvalue weighted by atomic mass is 10.1. The van der Waals surface area contributed by atoms with Crippen LogP contribution in [0.3, 0.4) is 0 Å². The van der Waals surface area contributed by atoms with Gasteiger partial charge in [-0.1, -0.05) is 23.2 Å². The molecule has 1 nitrogen and oxygen atoms in total. The number of benzene rings is 1. The summed E-state index contributed by atoms with van der Waals surface area (Å²) in [5, 5.41) is 1.49. The van der Waals surface area contributed by atoms with Crippen LogP contribution >= 0.6 is 35.0 Å². The third-order valence-electron chi connectivity index (χ3n) is 1.87. The summed E-state index contributed by atoms with van der Waals surface area (Å²) in [4.78, 5) is 1.05. The molecule has 0 saturated heterocycles. The molecule has 1 aromatic carbocycles. The van der Waals surface area contributed by atoms with E-state index in [4.69, 9.17) is 28.9 Å². The van der Waals surface area contributed by atoms with E-state index in [1.165, 1.54) is 0 Å². The van der Waals surface area contributed by atoms with E-state index in [2.05, 4.69) is 0 Å². The summed E-state index contributed by atoms with van der Waals surface area (Å²) >= 11 is 13.6. The standard InChI is InChI=1S/C8H7Cl2NS/c9-4-1-2-5(10)8-7(4)6(11)3-12-8/h1-2,6H,3,11H2. The van der Waals surface area contributed by atoms with Crippen LogP contribution in [0.25, 0.3) is 0 Å². The molecule has 0 fully saturated rings. The predicted molar refractivity (Wildman–Crippen MR) is 54.1 cm³/mol. The van der Waals surface area contributed by atoms with Crippen LogP contribution in [-0.2, 0) is 0 Å². The Kier molecular flexibility index (Phi) is 2.25. The summed E-state index contributed by atoms with van der Waals surface area (Å²) in [7, 11) is 0. The van der Waals surface area contributed by atoms with Gasteiger partial charge in [0.15, 0.2) is 0 Å². The van der Waals surface area contributed by atoms with Crippen molar-refractivity contribution in [1.82, 2.24) is 0 Å². The third kappa shape index (κ3) is 1.23. The fourth-order valence-electron chi connectivity index (χ4n) is 1.30. The molecule has 0 amide bonds. The molecule has 1 unspecified atom stereocenters. The molecule has 1 aliphatic heterocycles. The molecule has 1 aromatic rings. The molecule has 0 radical (unpaired) electrons. The molecule has 2 rings (SSSR count). The Labute approximate surface area is 85.2 Å². The Balaban J connectivity index is 2.64. The van der Waals surface area contributed by atoms with Gasteiger partial charge in [0.2, 0.25) is 0 Å². The van der Waals surface area contributed by atoms with E-state index in [1.807, 2.05) is 6.07 Å². The van der Waals surface area contributed by atoms with Crippen LogP contribution in [0.4, 0.5) is 0 Å². The van der Waals surface area contributed by atoms with Gasteiger partial charge in [-0.25, -0.2) is 0 Å². The first kappa shape index (κ1) is 8.70. The molecule has 0 aliphatic carbocycles. The third-order valence-corrected chi connectivity index (χ3v) is 3.88. The smallest absolute Gasteiger partial charge is 0.0546 e. The van der Waals surface area contributed by atoms with Crippen LogP contribution in [0.15, 0.2) is 17.0 Å². The SMILES string of the molecule is NC1CSc2c(Cl)ccc(Cl)c21. The highest BCUT2D eigenvalue weighted by Crippen LogP contribution is 2.44. The fraction of sp³-hybridized carbons (Fsp3) is 0.250. The van der Waals surface area contributed by atoms with E-state index in [0.717, 1.165) is 26.3 Å². The Morgan fingerprint density at radius 2 is 2.00 bits per heavy atom. The van der Waals surface area contributed by atoms with Gasteiger partial charge in [0.1, 0.15) is 0 Å². The summed E-state index contributed by atoms with van der Waals surface area (Å²) in [6.45, 7) is 0. The van der Waals surface area contributed by atoms with Gasteiger partial charge in [0.05, 0.1) is 5.02 Å². The van der Waals surface area contributed by atoms with Gasteiger partial charge in [0.25, 0.3) is 0 Å². The van der Waals surface area contributed by atoms with Crippen molar-refractivity contribution in [3.05, 3.63) is 27.7 Å². The maximum absolute atomic E-state index is 5.98. The molecule has 0 bridgehead atoms. The molecule has 0 aromatic heterocycles. The number of fused-ring (bicyclic) bond motifs is 1. The number of thioether (sulfide) groups is 1. The Morgan fingerprint density at radius 1 is 1.33 bits per heavy atom. The minimum atomic E-state index is 0.0381. The van der Waals surface area contributed by atoms with Crippen LogP contribution in [0.2, 0.25) is 10.0 Å². The zero-order valence-electron chi connectivity index (χ0n) is 6.18. The minimum absolute atomic E-state index is 0.0381. The summed E-state index contributed by atoms with van der Waals surface area (Å²) in [6, 6.07) is 3.65. The zero-order chi connectivity index (χ0) is 8.72. The van der Waals surface area contributed by atoms with Crippen molar-refractivity contribution in [2.24, 2.45) is 5.73 Å². The first-order valence-corrected chi connectivity index (χ1v) is 5.30. The lowest BCUT2D eigenvalue weighted by molar-refractivity contribution is 0.834. The second-order valence-electron chi connectivity index (χ2n) is 2.69. The monoisotopic (exact) mass is 219 g/mol. The van der Waals surface area contributed by atoms with E-state index in [0.29, 0.717) is 0 Å². The highest BCUT2D eigenvalue weighted by Gasteiger charge is 2.24. The van der Waals surface area contributed by atoms with Gasteiger partial charge in [0, 0.05) is 27.3 Å². The van der Waals surface area contributed by atoms with Crippen molar-refractivity contribution in [3.8, 4) is 0 Å². The predicted octanol–water partition coefficient (Wildman–Crippen LogP) is 3.10. The topological polar surface area (TPSA) is 26.0 Å². The van der Waals surface area contributed by atoms with E-state index >= 15 is 0 Å². The molecule has 0 saturated carbocycles. The van der Waals surface area contributed by atoms with Gasteiger partial charge in [-0.3, -0.25) is 0 Å². The molecule has 1 atom stereocenters. The normalized spacial score (nSPS) is 21.1. The van der Waals surface area contributed by atoms with Crippen molar-refractivity contribution in [2.75, 3.05) is 5.75 Å². The second kappa shape index (κ2) is 3.11. The van der Waals surface area contributed by atoms with Gasteiger partial charge in [-0.05, 0) is 12.1 Å². The number of halogens is 2. The molecule has 1 heterocycles. The van der Waals surface area contributed by atoms with Crippen LogP contribution in [-0.4, -0.2) is 5.75 Å². The second-order valence-corrected chi connectivity index (χ2v) is 4.53. The average molecular weight is 220 g/mol. The molecule has 1 aliphatic rings. The number of nitrogens with two attached hydrogens (primary N) is 1. The lowest BCUT2D eigenvalue weighted by Crippen LogP contribution is -2.08. The van der Waals surface area contributed by atoms with Crippen molar-refractivity contribution in [2.45, 2.75) is 10.9 Å². The van der Waals surface area contributed by atoms with Crippen LogP contribution in [0.1, 0.15) is 11.6 Å². The van der Waals surface area contributed by atoms with Gasteiger partial charge < -0.3 is 5.73 Å². The largest absolute Gasteiger partial charge is 0.323 e. The summed E-state index contributed by atoms with van der Waals surface area (Å²) in [6.07, 6.45) is 0. The van der Waals surface area contributed by atoms with Crippen LogP contribution in [0.5, 0.6) is 0 Å². The zero-order valence-corrected chi connectivity index (χ0v) is 8.51. The van der Waals surface area contributed by atoms with Crippen molar-refractivity contribution in [1.29, 1.82) is 0 Å². The van der Waals surface area contributed by atoms with Gasteiger partial charge in [-0.2, -0.15) is 0 Å². The molecule has 2 N–H and O–H groups in total. The highest BCUT2D eigenvalue weighted by molar-refractivity contribution is 7.99. The molecule has 0 spiro atoms. The first-order valence-electron chi connectivity index (χ1n) is 3.56. The molecular weight excluding hydrogens is 213 g/mol. The van der Waals surface area contributed by atoms with E-state index < -0.39 is 0 Å². The summed E-state index contributed by atoms with van der Waals surface area (Å²) in [5.74, 6) is 0.874. The summed E-state index contributed by atoms with van der Waals surface area (Å²) < 4.78 is 0. The van der Waals surface area contributed by atoms with Gasteiger partial charge in [-0.15, -0.1) is 11.8 Å². The van der Waals surface area contributed by atoms with Crippen LogP contribution < -0.4 is 5.73 Å². The molecular formula is C8H7Cl2NS. The Morgan fingerprint density at radius 3 is 2.67 bits per heavy atom. The van der Waals surface area contributed by atoms with E-state index in [-0.39, 0.29) is 6.04 Å². The highest BCUT2D eigenvalue weighted by atomic mass is 35.5. The molecule has 12 heavy (non-hydrogen) atoms. The first-order chi connectivity index (χ1) is 5.70. The lowest BCUT2D eigenvalue weighted by Gasteiger charge is -2.06. The fourth-order valence-corrected chi connectivity index (χ4v) is 3.12. The number of rotatable bonds is 0. The van der Waals surface area contributed by atoms with Crippen molar-refractivity contribution < 1.29 is 0 Å². The Hall–Kier alpha value is 0.110. The summed E-state index contributed by atoms with van der Waals surface area (Å²) in [5.41, 5.74) is 6.86. The van der Waals surface area contributed by atoms with Crippen molar-refractivity contribution >= 4 is 35.0 Å². The average Bonchev–Trinajstić information content (AvgIpc) is 2.42. The minimum Gasteiger partial charge on any atom is -0.323 e. The molecule has 64 valence electrons. The maximum atomic E-state index is 5.98. The van der Waals surface area contributed by atoms with Gasteiger partial charge >= 0.3 is 0 Å². The van der Waals surface area contributed by atoms with Crippen LogP contribution in [0, 0.1) is 0 Å². The maximum Gasteiger partial charge on any atom is 0.0546 e. The number of hydrogen-bond acceptors (Lipinski definition) is 2. The quantitative estimate of drug-likeness (QED) is 0.726. The number of hydrogen-bond donors (Lipinski definition) is 1. The Bertz CT molecular complexity index is 327. The van der Waals surface area contributed by atoms with E-state index in [9.17, 15) is 0 Å². The van der Waals surface area contributed by atoms with E-state index in [1.54, 1.807) is 17.8 Å².